The number of carbonyl (C=O) groups excluding carboxylic acids is 1. The van der Waals surface area contributed by atoms with Gasteiger partial charge >= 0.3 is 0 Å². The van der Waals surface area contributed by atoms with Gasteiger partial charge in [0.1, 0.15) is 0 Å². The summed E-state index contributed by atoms with van der Waals surface area (Å²) in [6.07, 6.45) is 5.97. The third-order valence-corrected chi connectivity index (χ3v) is 5.60. The van der Waals surface area contributed by atoms with Crippen molar-refractivity contribution in [2.75, 3.05) is 20.1 Å². The van der Waals surface area contributed by atoms with Crippen molar-refractivity contribution in [2.45, 2.75) is 56.7 Å². The van der Waals surface area contributed by atoms with Crippen molar-refractivity contribution >= 4 is 5.91 Å². The first-order valence-electron chi connectivity index (χ1n) is 8.91. The number of likely N-dealkylation sites (tertiary alicyclic amines) is 1. The van der Waals surface area contributed by atoms with Crippen molar-refractivity contribution in [3.8, 4) is 0 Å². The highest BCUT2D eigenvalue weighted by atomic mass is 16.2. The van der Waals surface area contributed by atoms with E-state index in [0.29, 0.717) is 6.04 Å². The van der Waals surface area contributed by atoms with Crippen LogP contribution in [0.3, 0.4) is 0 Å². The molecule has 126 valence electrons. The summed E-state index contributed by atoms with van der Waals surface area (Å²) in [5, 5.41) is 0. The Morgan fingerprint density at radius 1 is 1.22 bits per heavy atom. The molecule has 0 atom stereocenters. The molecule has 1 saturated heterocycles. The molecule has 2 N–H and O–H groups in total. The van der Waals surface area contributed by atoms with Crippen molar-refractivity contribution < 1.29 is 4.79 Å². The molecule has 4 heteroatoms. The molecule has 2 aliphatic rings. The minimum Gasteiger partial charge on any atom is -0.341 e. The lowest BCUT2D eigenvalue weighted by atomic mass is 9.94. The maximum atomic E-state index is 12.7. The SMILES string of the molecule is CN(C(=O)C1(N)CCCC1)C1CCN(Cc2ccccc2)CC1. The Morgan fingerprint density at radius 3 is 2.43 bits per heavy atom. The van der Waals surface area contributed by atoms with Crippen LogP contribution in [-0.4, -0.2) is 47.4 Å². The van der Waals surface area contributed by atoms with E-state index in [1.54, 1.807) is 0 Å². The standard InChI is InChI=1S/C19H29N3O/c1-21(18(23)19(20)11-5-6-12-19)17-9-13-22(14-10-17)15-16-7-3-2-4-8-16/h2-4,7-8,17H,5-6,9-15,20H2,1H3. The first-order valence-corrected chi connectivity index (χ1v) is 8.91. The predicted octanol–water partition coefficient (Wildman–Crippen LogP) is 2.38. The number of hydrogen-bond acceptors (Lipinski definition) is 3. The number of likely N-dealkylation sites (N-methyl/N-ethyl adjacent to an activating group) is 1. The van der Waals surface area contributed by atoms with Crippen molar-refractivity contribution in [1.29, 1.82) is 0 Å². The Hall–Kier alpha value is -1.39. The van der Waals surface area contributed by atoms with Crippen LogP contribution < -0.4 is 5.73 Å². The maximum absolute atomic E-state index is 12.7. The van der Waals surface area contributed by atoms with Gasteiger partial charge in [-0.2, -0.15) is 0 Å². The van der Waals surface area contributed by atoms with Gasteiger partial charge in [-0.3, -0.25) is 9.69 Å². The number of hydrogen-bond donors (Lipinski definition) is 1. The molecule has 1 aliphatic carbocycles. The summed E-state index contributed by atoms with van der Waals surface area (Å²) in [7, 11) is 1.95. The Bertz CT molecular complexity index is 517. The number of rotatable bonds is 4. The Morgan fingerprint density at radius 2 is 1.83 bits per heavy atom. The second-order valence-electron chi connectivity index (χ2n) is 7.27. The van der Waals surface area contributed by atoms with Crippen LogP contribution in [0.25, 0.3) is 0 Å². The van der Waals surface area contributed by atoms with Gasteiger partial charge in [0.25, 0.3) is 0 Å². The third kappa shape index (κ3) is 3.75. The van der Waals surface area contributed by atoms with Gasteiger partial charge in [0, 0.05) is 32.7 Å². The van der Waals surface area contributed by atoms with E-state index in [4.69, 9.17) is 5.73 Å². The largest absolute Gasteiger partial charge is 0.341 e. The minimum absolute atomic E-state index is 0.163. The number of benzene rings is 1. The van der Waals surface area contributed by atoms with E-state index in [1.807, 2.05) is 11.9 Å². The molecule has 0 aromatic heterocycles. The van der Waals surface area contributed by atoms with Gasteiger partial charge in [-0.1, -0.05) is 43.2 Å². The molecule has 0 radical (unpaired) electrons. The number of amides is 1. The molecule has 4 nitrogen and oxygen atoms in total. The van der Waals surface area contributed by atoms with Crippen molar-refractivity contribution in [3.05, 3.63) is 35.9 Å². The van der Waals surface area contributed by atoms with Gasteiger partial charge in [0.15, 0.2) is 0 Å². The summed E-state index contributed by atoms with van der Waals surface area (Å²) in [4.78, 5) is 17.2. The number of nitrogens with two attached hydrogens (primary N) is 1. The summed E-state index contributed by atoms with van der Waals surface area (Å²) in [5.74, 6) is 0.163. The molecule has 3 rings (SSSR count). The molecule has 1 aromatic carbocycles. The van der Waals surface area contributed by atoms with Crippen LogP contribution in [0.4, 0.5) is 0 Å². The molecular weight excluding hydrogens is 286 g/mol. The van der Waals surface area contributed by atoms with E-state index < -0.39 is 5.54 Å². The molecule has 1 aliphatic heterocycles. The highest BCUT2D eigenvalue weighted by Gasteiger charge is 2.40. The Kier molecular flexibility index (Phi) is 5.02. The van der Waals surface area contributed by atoms with E-state index in [0.717, 1.165) is 58.2 Å². The fourth-order valence-corrected chi connectivity index (χ4v) is 4.04. The van der Waals surface area contributed by atoms with Crippen LogP contribution >= 0.6 is 0 Å². The normalized spacial score (nSPS) is 22.2. The molecule has 1 heterocycles. The van der Waals surface area contributed by atoms with E-state index in [-0.39, 0.29) is 5.91 Å². The van der Waals surface area contributed by atoms with Crippen LogP contribution in [-0.2, 0) is 11.3 Å². The highest BCUT2D eigenvalue weighted by Crippen LogP contribution is 2.30. The van der Waals surface area contributed by atoms with Crippen LogP contribution in [0.15, 0.2) is 30.3 Å². The zero-order valence-corrected chi connectivity index (χ0v) is 14.2. The predicted molar refractivity (Wildman–Crippen MR) is 92.9 cm³/mol. The molecule has 0 bridgehead atoms. The first kappa shape index (κ1) is 16.5. The summed E-state index contributed by atoms with van der Waals surface area (Å²) in [5.41, 5.74) is 7.11. The van der Waals surface area contributed by atoms with E-state index in [2.05, 4.69) is 35.2 Å². The third-order valence-electron chi connectivity index (χ3n) is 5.60. The van der Waals surface area contributed by atoms with Crippen LogP contribution in [0.5, 0.6) is 0 Å². The molecule has 0 unspecified atom stereocenters. The fraction of sp³-hybridized carbons (Fsp3) is 0.632. The fourth-order valence-electron chi connectivity index (χ4n) is 4.04. The first-order chi connectivity index (χ1) is 11.1. The summed E-state index contributed by atoms with van der Waals surface area (Å²) in [6, 6.07) is 10.9. The average molecular weight is 315 g/mol. The van der Waals surface area contributed by atoms with Gasteiger partial charge in [0.05, 0.1) is 5.54 Å². The second kappa shape index (κ2) is 7.02. The van der Waals surface area contributed by atoms with Gasteiger partial charge in [-0.25, -0.2) is 0 Å². The summed E-state index contributed by atoms with van der Waals surface area (Å²) < 4.78 is 0. The van der Waals surface area contributed by atoms with Crippen molar-refractivity contribution in [1.82, 2.24) is 9.80 Å². The molecule has 1 aromatic rings. The number of nitrogens with zero attached hydrogens (tertiary/aromatic N) is 2. The molecule has 2 fully saturated rings. The van der Waals surface area contributed by atoms with Crippen molar-refractivity contribution in [3.63, 3.8) is 0 Å². The van der Waals surface area contributed by atoms with Gasteiger partial charge in [-0.15, -0.1) is 0 Å². The van der Waals surface area contributed by atoms with Gasteiger partial charge < -0.3 is 10.6 Å². The summed E-state index contributed by atoms with van der Waals surface area (Å²) >= 11 is 0. The number of piperidine rings is 1. The molecular formula is C19H29N3O. The highest BCUT2D eigenvalue weighted by molar-refractivity contribution is 5.86. The van der Waals surface area contributed by atoms with E-state index >= 15 is 0 Å². The Balaban J connectivity index is 1.51. The molecule has 0 spiro atoms. The topological polar surface area (TPSA) is 49.6 Å². The van der Waals surface area contributed by atoms with Crippen LogP contribution in [0.2, 0.25) is 0 Å². The average Bonchev–Trinajstić information content (AvgIpc) is 3.03. The quantitative estimate of drug-likeness (QED) is 0.928. The lowest BCUT2D eigenvalue weighted by Crippen LogP contribution is -2.56. The molecule has 23 heavy (non-hydrogen) atoms. The van der Waals surface area contributed by atoms with Crippen LogP contribution in [0, 0.1) is 0 Å². The monoisotopic (exact) mass is 315 g/mol. The maximum Gasteiger partial charge on any atom is 0.242 e. The van der Waals surface area contributed by atoms with Crippen LogP contribution in [0.1, 0.15) is 44.1 Å². The molecule has 1 saturated carbocycles. The summed E-state index contributed by atoms with van der Waals surface area (Å²) in [6.45, 7) is 3.11. The lowest BCUT2D eigenvalue weighted by molar-refractivity contribution is -0.138. The Labute approximate surface area is 139 Å². The van der Waals surface area contributed by atoms with E-state index in [9.17, 15) is 4.79 Å². The molecule has 1 amide bonds. The number of carbonyl (C=O) groups is 1. The minimum atomic E-state index is -0.587. The lowest BCUT2D eigenvalue weighted by Gasteiger charge is -2.39. The van der Waals surface area contributed by atoms with E-state index in [1.165, 1.54) is 5.56 Å². The smallest absolute Gasteiger partial charge is 0.242 e. The zero-order valence-electron chi connectivity index (χ0n) is 14.2. The zero-order chi connectivity index (χ0) is 16.3. The second-order valence-corrected chi connectivity index (χ2v) is 7.27. The van der Waals surface area contributed by atoms with Gasteiger partial charge in [0.2, 0.25) is 5.91 Å². The van der Waals surface area contributed by atoms with Gasteiger partial charge in [-0.05, 0) is 31.2 Å². The van der Waals surface area contributed by atoms with Crippen molar-refractivity contribution in [2.24, 2.45) is 5.73 Å².